The van der Waals surface area contributed by atoms with E-state index < -0.39 is 0 Å². The van der Waals surface area contributed by atoms with Crippen molar-refractivity contribution < 1.29 is 9.47 Å². The van der Waals surface area contributed by atoms with Crippen LogP contribution in [-0.4, -0.2) is 73.5 Å². The number of piperazine rings is 1. The maximum absolute atomic E-state index is 11.5. The van der Waals surface area contributed by atoms with Gasteiger partial charge in [0.1, 0.15) is 0 Å². The third-order valence-electron chi connectivity index (χ3n) is 4.59. The number of aromatic amines is 2. The fraction of sp³-hybridized carbons (Fsp3) is 0.562. The van der Waals surface area contributed by atoms with Gasteiger partial charge in [0.05, 0.1) is 42.6 Å². The summed E-state index contributed by atoms with van der Waals surface area (Å²) in [4.78, 5) is 22.0. The van der Waals surface area contributed by atoms with Crippen molar-refractivity contribution >= 4 is 16.7 Å². The van der Waals surface area contributed by atoms with E-state index in [-0.39, 0.29) is 11.8 Å². The molecule has 2 aliphatic rings. The molecule has 2 fully saturated rings. The average Bonchev–Trinajstić information content (AvgIpc) is 2.97. The lowest BCUT2D eigenvalue weighted by Crippen LogP contribution is -2.50. The molecule has 0 saturated carbocycles. The third-order valence-corrected chi connectivity index (χ3v) is 4.59. The van der Waals surface area contributed by atoms with Gasteiger partial charge in [-0.2, -0.15) is 0 Å². The van der Waals surface area contributed by atoms with Crippen molar-refractivity contribution in [3.63, 3.8) is 0 Å². The van der Waals surface area contributed by atoms with Crippen LogP contribution in [0.25, 0.3) is 11.0 Å². The molecule has 0 bridgehead atoms. The van der Waals surface area contributed by atoms with E-state index in [1.54, 1.807) is 0 Å². The SMILES string of the molecule is O=c1[nH]c2cccc(N3CCN(CC4COCCO4)CC3)c2[nH]1. The van der Waals surface area contributed by atoms with Crippen LogP contribution in [0.4, 0.5) is 5.69 Å². The van der Waals surface area contributed by atoms with Crippen molar-refractivity contribution in [1.82, 2.24) is 14.9 Å². The minimum Gasteiger partial charge on any atom is -0.376 e. The van der Waals surface area contributed by atoms with Crippen molar-refractivity contribution in [2.24, 2.45) is 0 Å². The van der Waals surface area contributed by atoms with E-state index in [9.17, 15) is 4.79 Å². The second kappa shape index (κ2) is 6.35. The second-order valence-corrected chi connectivity index (χ2v) is 6.13. The van der Waals surface area contributed by atoms with Crippen molar-refractivity contribution in [1.29, 1.82) is 0 Å². The van der Waals surface area contributed by atoms with Gasteiger partial charge in [0, 0.05) is 32.7 Å². The highest BCUT2D eigenvalue weighted by Crippen LogP contribution is 2.24. The van der Waals surface area contributed by atoms with E-state index in [1.165, 1.54) is 0 Å². The number of benzene rings is 1. The molecule has 1 atom stereocenters. The molecular weight excluding hydrogens is 296 g/mol. The Morgan fingerprint density at radius 3 is 2.78 bits per heavy atom. The Labute approximate surface area is 134 Å². The Hall–Kier alpha value is -1.83. The summed E-state index contributed by atoms with van der Waals surface area (Å²) in [6, 6.07) is 5.98. The quantitative estimate of drug-likeness (QED) is 0.857. The number of aromatic nitrogens is 2. The summed E-state index contributed by atoms with van der Waals surface area (Å²) in [6.45, 7) is 6.91. The number of hydrogen-bond acceptors (Lipinski definition) is 5. The molecule has 4 rings (SSSR count). The zero-order valence-electron chi connectivity index (χ0n) is 13.1. The largest absolute Gasteiger partial charge is 0.376 e. The Kier molecular flexibility index (Phi) is 4.07. The lowest BCUT2D eigenvalue weighted by molar-refractivity contribution is -0.0977. The van der Waals surface area contributed by atoms with Crippen molar-refractivity contribution in [2.75, 3.05) is 57.4 Å². The molecule has 0 amide bonds. The van der Waals surface area contributed by atoms with Crippen molar-refractivity contribution in [3.8, 4) is 0 Å². The van der Waals surface area contributed by atoms with Crippen molar-refractivity contribution in [2.45, 2.75) is 6.10 Å². The number of anilines is 1. The summed E-state index contributed by atoms with van der Waals surface area (Å²) in [5.41, 5.74) is 2.70. The zero-order valence-corrected chi connectivity index (χ0v) is 13.1. The summed E-state index contributed by atoms with van der Waals surface area (Å²) >= 11 is 0. The summed E-state index contributed by atoms with van der Waals surface area (Å²) in [7, 11) is 0. The first kappa shape index (κ1) is 14.7. The van der Waals surface area contributed by atoms with Crippen LogP contribution >= 0.6 is 0 Å². The van der Waals surface area contributed by atoms with E-state index in [0.29, 0.717) is 19.8 Å². The topological polar surface area (TPSA) is 73.6 Å². The van der Waals surface area contributed by atoms with Gasteiger partial charge in [-0.25, -0.2) is 4.79 Å². The minimum atomic E-state index is -0.152. The standard InChI is InChI=1S/C16H22N4O3/c21-16-17-13-2-1-3-14(15(13)18-16)20-6-4-19(5-7-20)10-12-11-22-8-9-23-12/h1-3,12H,4-11H2,(H2,17,18,21). The number of fused-ring (bicyclic) bond motifs is 1. The normalized spacial score (nSPS) is 23.5. The molecule has 7 heteroatoms. The summed E-state index contributed by atoms with van der Waals surface area (Å²) in [6.07, 6.45) is 0.194. The van der Waals surface area contributed by atoms with Crippen LogP contribution in [0.1, 0.15) is 0 Å². The van der Waals surface area contributed by atoms with E-state index in [0.717, 1.165) is 49.4 Å². The summed E-state index contributed by atoms with van der Waals surface area (Å²) < 4.78 is 11.2. The van der Waals surface area contributed by atoms with E-state index in [1.807, 2.05) is 12.1 Å². The first-order chi connectivity index (χ1) is 11.3. The van der Waals surface area contributed by atoms with E-state index in [4.69, 9.17) is 9.47 Å². The lowest BCUT2D eigenvalue weighted by Gasteiger charge is -2.38. The predicted molar refractivity (Wildman–Crippen MR) is 88.1 cm³/mol. The molecule has 2 saturated heterocycles. The van der Waals surface area contributed by atoms with Gasteiger partial charge in [-0.15, -0.1) is 0 Å². The molecule has 0 spiro atoms. The number of imidazole rings is 1. The van der Waals surface area contributed by atoms with E-state index in [2.05, 4.69) is 25.8 Å². The monoisotopic (exact) mass is 318 g/mol. The lowest BCUT2D eigenvalue weighted by atomic mass is 10.2. The first-order valence-electron chi connectivity index (χ1n) is 8.17. The number of nitrogens with zero attached hydrogens (tertiary/aromatic N) is 2. The molecule has 2 N–H and O–H groups in total. The Morgan fingerprint density at radius 1 is 1.13 bits per heavy atom. The highest BCUT2D eigenvalue weighted by molar-refractivity contribution is 5.88. The van der Waals surface area contributed by atoms with Gasteiger partial charge in [0.2, 0.25) is 0 Å². The van der Waals surface area contributed by atoms with Gasteiger partial charge in [-0.1, -0.05) is 6.07 Å². The van der Waals surface area contributed by atoms with Crippen LogP contribution in [0.5, 0.6) is 0 Å². The average molecular weight is 318 g/mol. The van der Waals surface area contributed by atoms with E-state index >= 15 is 0 Å². The number of ether oxygens (including phenoxy) is 2. The molecular formula is C16H22N4O3. The minimum absolute atomic E-state index is 0.152. The highest BCUT2D eigenvalue weighted by Gasteiger charge is 2.23. The molecule has 1 aromatic heterocycles. The van der Waals surface area contributed by atoms with Gasteiger partial charge in [0.15, 0.2) is 0 Å². The molecule has 124 valence electrons. The molecule has 23 heavy (non-hydrogen) atoms. The summed E-state index contributed by atoms with van der Waals surface area (Å²) in [5.74, 6) is 0. The van der Waals surface area contributed by atoms with Gasteiger partial charge in [-0.05, 0) is 12.1 Å². The fourth-order valence-electron chi connectivity index (χ4n) is 3.41. The van der Waals surface area contributed by atoms with Crippen molar-refractivity contribution in [3.05, 3.63) is 28.7 Å². The summed E-state index contributed by atoms with van der Waals surface area (Å²) in [5, 5.41) is 0. The second-order valence-electron chi connectivity index (χ2n) is 6.13. The van der Waals surface area contributed by atoms with Gasteiger partial charge in [0.25, 0.3) is 0 Å². The molecule has 1 unspecified atom stereocenters. The molecule has 2 aliphatic heterocycles. The van der Waals surface area contributed by atoms with Crippen LogP contribution in [0, 0.1) is 0 Å². The first-order valence-corrected chi connectivity index (χ1v) is 8.17. The van der Waals surface area contributed by atoms with Crippen LogP contribution in [0.2, 0.25) is 0 Å². The molecule has 0 radical (unpaired) electrons. The number of rotatable bonds is 3. The smallest absolute Gasteiger partial charge is 0.323 e. The van der Waals surface area contributed by atoms with Crippen LogP contribution in [0.3, 0.4) is 0 Å². The van der Waals surface area contributed by atoms with Gasteiger partial charge in [-0.3, -0.25) is 4.90 Å². The number of para-hydroxylation sites is 1. The maximum Gasteiger partial charge on any atom is 0.323 e. The highest BCUT2D eigenvalue weighted by atomic mass is 16.6. The zero-order chi connectivity index (χ0) is 15.6. The number of H-pyrrole nitrogens is 2. The fourth-order valence-corrected chi connectivity index (χ4v) is 3.41. The molecule has 7 nitrogen and oxygen atoms in total. The van der Waals surface area contributed by atoms with Crippen LogP contribution in [-0.2, 0) is 9.47 Å². The number of hydrogen-bond donors (Lipinski definition) is 2. The maximum atomic E-state index is 11.5. The Balaban J connectivity index is 1.41. The van der Waals surface area contributed by atoms with Crippen LogP contribution < -0.4 is 10.6 Å². The number of nitrogens with one attached hydrogen (secondary N) is 2. The molecule has 1 aromatic carbocycles. The van der Waals surface area contributed by atoms with Gasteiger partial charge >= 0.3 is 5.69 Å². The molecule has 3 heterocycles. The van der Waals surface area contributed by atoms with Gasteiger partial charge < -0.3 is 24.3 Å². The predicted octanol–water partition coefficient (Wildman–Crippen LogP) is 0.394. The Bertz CT molecular complexity index is 711. The third kappa shape index (κ3) is 3.12. The molecule has 0 aliphatic carbocycles. The Morgan fingerprint density at radius 2 is 2.00 bits per heavy atom. The molecule has 2 aromatic rings. The van der Waals surface area contributed by atoms with Crippen LogP contribution in [0.15, 0.2) is 23.0 Å².